The molecule has 0 spiro atoms. The number of hydrogen-bond acceptors (Lipinski definition) is 4. The first-order valence-corrected chi connectivity index (χ1v) is 12.1. The molecule has 2 fully saturated rings. The molecule has 6 nitrogen and oxygen atoms in total. The van der Waals surface area contributed by atoms with Gasteiger partial charge in [-0.2, -0.15) is 4.31 Å². The number of piperidine rings is 1. The highest BCUT2D eigenvalue weighted by Crippen LogP contribution is 2.21. The number of likely N-dealkylation sites (tertiary alicyclic amines) is 1. The number of nitrogens with one attached hydrogen (secondary N) is 1. The topological polar surface area (TPSA) is 69.7 Å². The molecule has 2 aliphatic heterocycles. The summed E-state index contributed by atoms with van der Waals surface area (Å²) in [6.45, 7) is 4.00. The van der Waals surface area contributed by atoms with E-state index in [2.05, 4.69) is 34.5 Å². The number of amides is 1. The van der Waals surface area contributed by atoms with Crippen molar-refractivity contribution in [3.05, 3.63) is 65.7 Å². The average Bonchev–Trinajstić information content (AvgIpc) is 3.32. The smallest absolute Gasteiger partial charge is 0.251 e. The Labute approximate surface area is 178 Å². The molecule has 0 saturated carbocycles. The first kappa shape index (κ1) is 21.0. The normalized spacial score (nSPS) is 19.1. The Morgan fingerprint density at radius 3 is 2.17 bits per heavy atom. The molecule has 0 aromatic heterocycles. The molecule has 2 saturated heterocycles. The van der Waals surface area contributed by atoms with Crippen LogP contribution in [0.25, 0.3) is 0 Å². The van der Waals surface area contributed by atoms with E-state index in [-0.39, 0.29) is 16.8 Å². The highest BCUT2D eigenvalue weighted by atomic mass is 32.2. The number of hydrogen-bond donors (Lipinski definition) is 1. The monoisotopic (exact) mass is 427 g/mol. The predicted molar refractivity (Wildman–Crippen MR) is 117 cm³/mol. The van der Waals surface area contributed by atoms with Crippen LogP contribution in [0.1, 0.15) is 41.6 Å². The van der Waals surface area contributed by atoms with Crippen molar-refractivity contribution >= 4 is 15.9 Å². The van der Waals surface area contributed by atoms with Gasteiger partial charge in [-0.05, 0) is 55.5 Å². The van der Waals surface area contributed by atoms with Gasteiger partial charge in [0.05, 0.1) is 4.90 Å². The molecule has 0 unspecified atom stereocenters. The maximum Gasteiger partial charge on any atom is 0.251 e. The van der Waals surface area contributed by atoms with Gasteiger partial charge in [0.15, 0.2) is 0 Å². The van der Waals surface area contributed by atoms with Crippen molar-refractivity contribution < 1.29 is 13.2 Å². The van der Waals surface area contributed by atoms with E-state index in [0.717, 1.165) is 45.3 Å². The van der Waals surface area contributed by atoms with E-state index in [0.29, 0.717) is 18.7 Å². The Morgan fingerprint density at radius 1 is 0.900 bits per heavy atom. The van der Waals surface area contributed by atoms with Crippen LogP contribution in [0.4, 0.5) is 0 Å². The Kier molecular flexibility index (Phi) is 6.51. The Balaban J connectivity index is 1.29. The van der Waals surface area contributed by atoms with Gasteiger partial charge in [0.1, 0.15) is 0 Å². The van der Waals surface area contributed by atoms with E-state index in [9.17, 15) is 13.2 Å². The van der Waals surface area contributed by atoms with E-state index in [1.54, 1.807) is 24.3 Å². The number of sulfonamides is 1. The summed E-state index contributed by atoms with van der Waals surface area (Å²) in [4.78, 5) is 15.3. The molecule has 0 atom stereocenters. The van der Waals surface area contributed by atoms with Crippen molar-refractivity contribution in [1.29, 1.82) is 0 Å². The summed E-state index contributed by atoms with van der Waals surface area (Å²) in [5, 5.41) is 3.11. The Morgan fingerprint density at radius 2 is 1.53 bits per heavy atom. The Hall–Kier alpha value is -2.22. The molecular formula is C23H29N3O3S. The van der Waals surface area contributed by atoms with Gasteiger partial charge in [0.2, 0.25) is 10.0 Å². The van der Waals surface area contributed by atoms with Crippen molar-refractivity contribution in [2.45, 2.75) is 43.2 Å². The van der Waals surface area contributed by atoms with Crippen LogP contribution in [0.5, 0.6) is 0 Å². The van der Waals surface area contributed by atoms with Gasteiger partial charge in [-0.25, -0.2) is 8.42 Å². The molecule has 2 aliphatic rings. The molecule has 2 aromatic rings. The summed E-state index contributed by atoms with van der Waals surface area (Å²) in [6, 6.07) is 16.9. The predicted octanol–water partition coefficient (Wildman–Crippen LogP) is 2.87. The van der Waals surface area contributed by atoms with Crippen molar-refractivity contribution in [3.63, 3.8) is 0 Å². The highest BCUT2D eigenvalue weighted by molar-refractivity contribution is 7.89. The van der Waals surface area contributed by atoms with Gasteiger partial charge >= 0.3 is 0 Å². The van der Waals surface area contributed by atoms with Gasteiger partial charge < -0.3 is 5.32 Å². The third-order valence-electron chi connectivity index (χ3n) is 5.99. The zero-order valence-electron chi connectivity index (χ0n) is 17.2. The number of carbonyl (C=O) groups excluding carboxylic acids is 1. The van der Waals surface area contributed by atoms with Gasteiger partial charge in [-0.1, -0.05) is 30.3 Å². The van der Waals surface area contributed by atoms with Crippen LogP contribution in [0, 0.1) is 0 Å². The molecular weight excluding hydrogens is 398 g/mol. The second kappa shape index (κ2) is 9.29. The van der Waals surface area contributed by atoms with Crippen molar-refractivity contribution in [2.75, 3.05) is 26.2 Å². The van der Waals surface area contributed by atoms with Crippen molar-refractivity contribution in [2.24, 2.45) is 0 Å². The Bertz CT molecular complexity index is 947. The number of benzene rings is 2. The van der Waals surface area contributed by atoms with E-state index >= 15 is 0 Å². The van der Waals surface area contributed by atoms with Crippen LogP contribution in [0.2, 0.25) is 0 Å². The first-order chi connectivity index (χ1) is 14.5. The van der Waals surface area contributed by atoms with Crippen LogP contribution < -0.4 is 5.32 Å². The molecule has 160 valence electrons. The van der Waals surface area contributed by atoms with E-state index in [1.807, 2.05) is 6.07 Å². The third kappa shape index (κ3) is 4.91. The quantitative estimate of drug-likeness (QED) is 0.770. The average molecular weight is 428 g/mol. The number of rotatable bonds is 6. The van der Waals surface area contributed by atoms with Gasteiger partial charge in [-0.3, -0.25) is 9.69 Å². The second-order valence-electron chi connectivity index (χ2n) is 8.15. The van der Waals surface area contributed by atoms with E-state index in [1.165, 1.54) is 9.87 Å². The number of carbonyl (C=O) groups is 1. The maximum atomic E-state index is 12.6. The van der Waals surface area contributed by atoms with Crippen LogP contribution in [-0.4, -0.2) is 55.8 Å². The molecule has 7 heteroatoms. The lowest BCUT2D eigenvalue weighted by atomic mass is 10.0. The summed E-state index contributed by atoms with van der Waals surface area (Å²) in [6.07, 6.45) is 3.65. The fourth-order valence-corrected chi connectivity index (χ4v) is 5.72. The van der Waals surface area contributed by atoms with E-state index < -0.39 is 10.0 Å². The first-order valence-electron chi connectivity index (χ1n) is 10.7. The standard InChI is InChI=1S/C23H29N3O3S/c27-23(20-8-10-22(11-9-20)30(28,29)26-14-4-5-15-26)24-21-12-16-25(17-13-21)18-19-6-2-1-3-7-19/h1-3,6-11,21H,4-5,12-18H2,(H,24,27). The number of nitrogens with zero attached hydrogens (tertiary/aromatic N) is 2. The fraction of sp³-hybridized carbons (Fsp3) is 0.435. The summed E-state index contributed by atoms with van der Waals surface area (Å²) < 4.78 is 26.7. The van der Waals surface area contributed by atoms with Gasteiger partial charge in [0.25, 0.3) is 5.91 Å². The molecule has 1 N–H and O–H groups in total. The van der Waals surface area contributed by atoms with Gasteiger partial charge in [0, 0.05) is 44.3 Å². The van der Waals surface area contributed by atoms with Crippen LogP contribution in [0.15, 0.2) is 59.5 Å². The molecule has 0 aliphatic carbocycles. The minimum atomic E-state index is -3.44. The molecule has 4 rings (SSSR count). The molecule has 2 heterocycles. The highest BCUT2D eigenvalue weighted by Gasteiger charge is 2.27. The minimum absolute atomic E-state index is 0.137. The summed E-state index contributed by atoms with van der Waals surface area (Å²) in [5.74, 6) is -0.137. The second-order valence-corrected chi connectivity index (χ2v) is 10.1. The van der Waals surface area contributed by atoms with Crippen LogP contribution in [-0.2, 0) is 16.6 Å². The summed E-state index contributed by atoms with van der Waals surface area (Å²) in [5.41, 5.74) is 1.81. The molecule has 30 heavy (non-hydrogen) atoms. The molecule has 1 amide bonds. The fourth-order valence-electron chi connectivity index (χ4n) is 4.20. The van der Waals surface area contributed by atoms with Crippen molar-refractivity contribution in [3.8, 4) is 0 Å². The minimum Gasteiger partial charge on any atom is -0.349 e. The van der Waals surface area contributed by atoms with Crippen LogP contribution in [0.3, 0.4) is 0 Å². The van der Waals surface area contributed by atoms with E-state index in [4.69, 9.17) is 0 Å². The van der Waals surface area contributed by atoms with Crippen LogP contribution >= 0.6 is 0 Å². The maximum absolute atomic E-state index is 12.6. The third-order valence-corrected chi connectivity index (χ3v) is 7.90. The molecule has 2 aromatic carbocycles. The van der Waals surface area contributed by atoms with Gasteiger partial charge in [-0.15, -0.1) is 0 Å². The summed E-state index contributed by atoms with van der Waals surface area (Å²) >= 11 is 0. The largest absolute Gasteiger partial charge is 0.349 e. The lowest BCUT2D eigenvalue weighted by molar-refractivity contribution is 0.0909. The lowest BCUT2D eigenvalue weighted by Gasteiger charge is -2.32. The molecule has 0 radical (unpaired) electrons. The summed E-state index contributed by atoms with van der Waals surface area (Å²) in [7, 11) is -3.44. The molecule has 0 bridgehead atoms. The van der Waals surface area contributed by atoms with Crippen molar-refractivity contribution in [1.82, 2.24) is 14.5 Å². The zero-order valence-corrected chi connectivity index (χ0v) is 18.0. The lowest BCUT2D eigenvalue weighted by Crippen LogP contribution is -2.44. The SMILES string of the molecule is O=C(NC1CCN(Cc2ccccc2)CC1)c1ccc(S(=O)(=O)N2CCCC2)cc1. The zero-order chi connectivity index (χ0) is 21.0.